The molecule has 0 aliphatic carbocycles. The smallest absolute Gasteiger partial charge is 0.492 e. The zero-order chi connectivity index (χ0) is 13.1. The molecular formula is C8H7BF6KNO. The summed E-state index contributed by atoms with van der Waals surface area (Å²) in [5, 5.41) is 0. The van der Waals surface area contributed by atoms with E-state index in [1.807, 2.05) is 0 Å². The molecule has 0 N–H and O–H groups in total. The molecule has 0 aliphatic rings. The van der Waals surface area contributed by atoms with Crippen molar-refractivity contribution < 1.29 is 82.2 Å². The molecule has 0 bridgehead atoms. The van der Waals surface area contributed by atoms with Crippen LogP contribution >= 0.6 is 0 Å². The third-order valence-corrected chi connectivity index (χ3v) is 1.77. The summed E-state index contributed by atoms with van der Waals surface area (Å²) in [4.78, 5) is 3.26. The van der Waals surface area contributed by atoms with Gasteiger partial charge in [-0.2, -0.15) is 13.2 Å². The van der Waals surface area contributed by atoms with Crippen LogP contribution in [0.1, 0.15) is 6.42 Å². The number of pyridine rings is 1. The molecule has 18 heavy (non-hydrogen) atoms. The van der Waals surface area contributed by atoms with Crippen molar-refractivity contribution in [2.45, 2.75) is 12.6 Å². The SMILES string of the molecule is F[B-](F)(F)c1cncc(OCCC(F)(F)F)c1.[K+]. The van der Waals surface area contributed by atoms with Crippen LogP contribution in [0, 0.1) is 0 Å². The molecule has 0 spiro atoms. The number of ether oxygens (including phenoxy) is 1. The summed E-state index contributed by atoms with van der Waals surface area (Å²) in [6, 6.07) is 0.628. The summed E-state index contributed by atoms with van der Waals surface area (Å²) in [6.45, 7) is -5.97. The fourth-order valence-corrected chi connectivity index (χ4v) is 0.978. The average molecular weight is 297 g/mol. The minimum absolute atomic E-state index is 0. The number of nitrogens with zero attached hydrogens (tertiary/aromatic N) is 1. The van der Waals surface area contributed by atoms with Gasteiger partial charge in [-0.15, -0.1) is 0 Å². The molecule has 0 unspecified atom stereocenters. The minimum Gasteiger partial charge on any atom is -0.492 e. The summed E-state index contributed by atoms with van der Waals surface area (Å²) >= 11 is 0. The van der Waals surface area contributed by atoms with Gasteiger partial charge in [-0.25, -0.2) is 0 Å². The molecule has 10 heteroatoms. The van der Waals surface area contributed by atoms with Crippen molar-refractivity contribution in [3.05, 3.63) is 18.5 Å². The molecule has 0 atom stereocenters. The first-order valence-electron chi connectivity index (χ1n) is 4.53. The number of hydrogen-bond donors (Lipinski definition) is 0. The van der Waals surface area contributed by atoms with Crippen molar-refractivity contribution in [3.8, 4) is 5.75 Å². The van der Waals surface area contributed by atoms with E-state index in [2.05, 4.69) is 9.72 Å². The predicted octanol–water partition coefficient (Wildman–Crippen LogP) is -0.529. The standard InChI is InChI=1S/C8H7BF6NO.K/c10-8(11,12)1-2-17-7-3-6(4-16-5-7)9(13,14)15;/h3-5H,1-2H2;/q-1;+1. The molecule has 1 heterocycles. The van der Waals surface area contributed by atoms with Crippen molar-refractivity contribution in [1.29, 1.82) is 0 Å². The monoisotopic (exact) mass is 297 g/mol. The van der Waals surface area contributed by atoms with Gasteiger partial charge in [-0.3, -0.25) is 4.98 Å². The summed E-state index contributed by atoms with van der Waals surface area (Å²) < 4.78 is 76.6. The van der Waals surface area contributed by atoms with Crippen molar-refractivity contribution >= 4 is 12.4 Å². The predicted molar refractivity (Wildman–Crippen MR) is 49.1 cm³/mol. The second-order valence-corrected chi connectivity index (χ2v) is 3.24. The molecule has 1 aromatic heterocycles. The van der Waals surface area contributed by atoms with Crippen molar-refractivity contribution in [2.75, 3.05) is 6.61 Å². The molecule has 0 radical (unpaired) electrons. The van der Waals surface area contributed by atoms with E-state index in [1.165, 1.54) is 0 Å². The Morgan fingerprint density at radius 2 is 1.78 bits per heavy atom. The molecule has 0 aromatic carbocycles. The zero-order valence-electron chi connectivity index (χ0n) is 9.35. The minimum atomic E-state index is -5.23. The second-order valence-electron chi connectivity index (χ2n) is 3.24. The first-order chi connectivity index (χ1) is 7.68. The van der Waals surface area contributed by atoms with Gasteiger partial charge in [0.2, 0.25) is 0 Å². The van der Waals surface area contributed by atoms with E-state index >= 15 is 0 Å². The maximum absolute atomic E-state index is 12.3. The number of rotatable bonds is 4. The number of alkyl halides is 3. The van der Waals surface area contributed by atoms with Gasteiger partial charge in [0.1, 0.15) is 5.75 Å². The molecule has 1 aromatic rings. The summed E-state index contributed by atoms with van der Waals surface area (Å²) in [7, 11) is 0. The Labute approximate surface area is 142 Å². The van der Waals surface area contributed by atoms with Crippen molar-refractivity contribution in [3.63, 3.8) is 0 Å². The molecule has 0 amide bonds. The summed E-state index contributed by atoms with van der Waals surface area (Å²) in [6.07, 6.45) is -4.11. The maximum atomic E-state index is 12.3. The van der Waals surface area contributed by atoms with E-state index in [9.17, 15) is 26.1 Å². The van der Waals surface area contributed by atoms with Crippen LogP contribution in [0.2, 0.25) is 0 Å². The molecule has 1 rings (SSSR count). The van der Waals surface area contributed by atoms with Crippen LogP contribution < -0.4 is 61.6 Å². The first kappa shape index (κ1) is 18.2. The van der Waals surface area contributed by atoms with Gasteiger partial charge < -0.3 is 17.7 Å². The fourth-order valence-electron chi connectivity index (χ4n) is 0.978. The largest absolute Gasteiger partial charge is 1.00 e. The Morgan fingerprint density at radius 1 is 1.17 bits per heavy atom. The van der Waals surface area contributed by atoms with Crippen LogP contribution in [0.15, 0.2) is 18.5 Å². The van der Waals surface area contributed by atoms with Crippen LogP contribution in [0.4, 0.5) is 26.1 Å². The fraction of sp³-hybridized carbons (Fsp3) is 0.375. The van der Waals surface area contributed by atoms with Crippen molar-refractivity contribution in [2.24, 2.45) is 0 Å². The Kier molecular flexibility index (Phi) is 7.22. The van der Waals surface area contributed by atoms with Gasteiger partial charge in [0.05, 0.1) is 19.2 Å². The molecule has 96 valence electrons. The molecular weight excluding hydrogens is 290 g/mol. The van der Waals surface area contributed by atoms with Gasteiger partial charge in [0.15, 0.2) is 0 Å². The maximum Gasteiger partial charge on any atom is 1.00 e. The van der Waals surface area contributed by atoms with Gasteiger partial charge in [-0.1, -0.05) is 5.46 Å². The Morgan fingerprint density at radius 3 is 2.28 bits per heavy atom. The van der Waals surface area contributed by atoms with E-state index < -0.39 is 31.6 Å². The van der Waals surface area contributed by atoms with E-state index in [4.69, 9.17) is 0 Å². The van der Waals surface area contributed by atoms with Gasteiger partial charge in [0.25, 0.3) is 0 Å². The Hall–Kier alpha value is 0.231. The van der Waals surface area contributed by atoms with E-state index in [0.29, 0.717) is 12.3 Å². The Bertz CT molecular complexity index is 383. The van der Waals surface area contributed by atoms with Crippen LogP contribution in [0.5, 0.6) is 5.75 Å². The normalized spacial score (nSPS) is 11.9. The first-order valence-corrected chi connectivity index (χ1v) is 4.53. The summed E-state index contributed by atoms with van der Waals surface area (Å²) in [5.41, 5.74) is -1.01. The van der Waals surface area contributed by atoms with Gasteiger partial charge in [-0.05, 0) is 6.07 Å². The molecule has 0 fully saturated rings. The second kappa shape index (κ2) is 7.13. The van der Waals surface area contributed by atoms with Gasteiger partial charge >= 0.3 is 64.5 Å². The van der Waals surface area contributed by atoms with Crippen molar-refractivity contribution in [1.82, 2.24) is 4.98 Å². The van der Waals surface area contributed by atoms with Crippen LogP contribution in [-0.2, 0) is 0 Å². The number of hydrogen-bond acceptors (Lipinski definition) is 2. The van der Waals surface area contributed by atoms with Crippen LogP contribution in [-0.4, -0.2) is 24.7 Å². The average Bonchev–Trinajstić information content (AvgIpc) is 2.15. The number of halogens is 6. The van der Waals surface area contributed by atoms with E-state index in [1.54, 1.807) is 0 Å². The third kappa shape index (κ3) is 6.98. The number of aromatic nitrogens is 1. The Balaban J connectivity index is 0.00000289. The van der Waals surface area contributed by atoms with E-state index in [-0.39, 0.29) is 57.1 Å². The quantitative estimate of drug-likeness (QED) is 0.551. The molecule has 0 saturated heterocycles. The van der Waals surface area contributed by atoms with Gasteiger partial charge in [0, 0.05) is 6.20 Å². The zero-order valence-corrected chi connectivity index (χ0v) is 12.5. The van der Waals surface area contributed by atoms with Crippen LogP contribution in [0.3, 0.4) is 0 Å². The topological polar surface area (TPSA) is 22.1 Å². The summed E-state index contributed by atoms with van der Waals surface area (Å²) in [5.74, 6) is -0.328. The van der Waals surface area contributed by atoms with Crippen LogP contribution in [0.25, 0.3) is 0 Å². The molecule has 0 saturated carbocycles. The molecule has 2 nitrogen and oxygen atoms in total. The third-order valence-electron chi connectivity index (χ3n) is 1.77. The van der Waals surface area contributed by atoms with E-state index in [0.717, 1.165) is 6.20 Å². The molecule has 0 aliphatic heterocycles.